The first-order chi connectivity index (χ1) is 10.3. The Kier molecular flexibility index (Phi) is 7.24. The van der Waals surface area contributed by atoms with Crippen molar-refractivity contribution in [1.29, 1.82) is 0 Å². The SMILES string of the molecule is C=CCC1CCCC/C1=N/OCCCN1CCN(C)CC1. The van der Waals surface area contributed by atoms with E-state index in [9.17, 15) is 0 Å². The van der Waals surface area contributed by atoms with Gasteiger partial charge in [-0.25, -0.2) is 0 Å². The molecule has 0 spiro atoms. The molecule has 0 aromatic carbocycles. The van der Waals surface area contributed by atoms with Crippen LogP contribution in [0.25, 0.3) is 0 Å². The lowest BCUT2D eigenvalue weighted by atomic mass is 9.85. The van der Waals surface area contributed by atoms with Gasteiger partial charge in [-0.05, 0) is 39.2 Å². The average Bonchev–Trinajstić information content (AvgIpc) is 2.51. The molecule has 2 fully saturated rings. The topological polar surface area (TPSA) is 28.1 Å². The fourth-order valence-electron chi connectivity index (χ4n) is 3.20. The van der Waals surface area contributed by atoms with Gasteiger partial charge in [0, 0.05) is 38.6 Å². The minimum absolute atomic E-state index is 0.578. The largest absolute Gasteiger partial charge is 0.396 e. The molecule has 1 heterocycles. The third-order valence-corrected chi connectivity index (χ3v) is 4.65. The first kappa shape index (κ1) is 16.5. The Hall–Kier alpha value is -0.870. The summed E-state index contributed by atoms with van der Waals surface area (Å²) in [6.07, 6.45) is 9.07. The Balaban J connectivity index is 1.61. The molecule has 1 aliphatic heterocycles. The van der Waals surface area contributed by atoms with Crippen molar-refractivity contribution in [3.8, 4) is 0 Å². The number of nitrogens with zero attached hydrogens (tertiary/aromatic N) is 3. The molecular formula is C17H31N3O. The molecule has 2 rings (SSSR count). The summed E-state index contributed by atoms with van der Waals surface area (Å²) in [7, 11) is 2.19. The zero-order valence-corrected chi connectivity index (χ0v) is 13.6. The third kappa shape index (κ3) is 5.79. The summed E-state index contributed by atoms with van der Waals surface area (Å²) >= 11 is 0. The number of allylic oxidation sites excluding steroid dienone is 1. The van der Waals surface area contributed by atoms with Gasteiger partial charge in [0.2, 0.25) is 0 Å². The molecule has 1 aliphatic carbocycles. The Labute approximate surface area is 129 Å². The maximum atomic E-state index is 5.58. The minimum Gasteiger partial charge on any atom is -0.396 e. The van der Waals surface area contributed by atoms with E-state index in [2.05, 4.69) is 28.6 Å². The second-order valence-electron chi connectivity index (χ2n) is 6.38. The summed E-state index contributed by atoms with van der Waals surface area (Å²) in [5.74, 6) is 0.578. The molecule has 0 bridgehead atoms. The fraction of sp³-hybridized carbons (Fsp3) is 0.824. The van der Waals surface area contributed by atoms with Crippen LogP contribution in [0.1, 0.15) is 38.5 Å². The summed E-state index contributed by atoms with van der Waals surface area (Å²) in [6, 6.07) is 0. The van der Waals surface area contributed by atoms with E-state index in [1.54, 1.807) is 0 Å². The molecule has 1 unspecified atom stereocenters. The van der Waals surface area contributed by atoms with Crippen molar-refractivity contribution in [2.75, 3.05) is 46.4 Å². The van der Waals surface area contributed by atoms with Crippen LogP contribution in [0.2, 0.25) is 0 Å². The summed E-state index contributed by atoms with van der Waals surface area (Å²) in [5.41, 5.74) is 1.26. The van der Waals surface area contributed by atoms with Crippen LogP contribution in [-0.2, 0) is 4.84 Å². The van der Waals surface area contributed by atoms with Gasteiger partial charge in [0.15, 0.2) is 0 Å². The van der Waals surface area contributed by atoms with Gasteiger partial charge in [-0.2, -0.15) is 0 Å². The second-order valence-corrected chi connectivity index (χ2v) is 6.38. The molecule has 0 radical (unpaired) electrons. The molecule has 2 aliphatic rings. The molecule has 0 amide bonds. The summed E-state index contributed by atoms with van der Waals surface area (Å²) in [5, 5.41) is 4.42. The Bertz CT molecular complexity index is 335. The molecule has 0 aromatic heterocycles. The summed E-state index contributed by atoms with van der Waals surface area (Å²) in [6.45, 7) is 10.5. The van der Waals surface area contributed by atoms with Crippen LogP contribution >= 0.6 is 0 Å². The fourth-order valence-corrected chi connectivity index (χ4v) is 3.20. The van der Waals surface area contributed by atoms with Crippen LogP contribution in [0.4, 0.5) is 0 Å². The monoisotopic (exact) mass is 293 g/mol. The molecule has 4 heteroatoms. The highest BCUT2D eigenvalue weighted by atomic mass is 16.6. The maximum absolute atomic E-state index is 5.58. The number of rotatable bonds is 7. The lowest BCUT2D eigenvalue weighted by Gasteiger charge is -2.32. The van der Waals surface area contributed by atoms with Crippen molar-refractivity contribution in [1.82, 2.24) is 9.80 Å². The second kappa shape index (κ2) is 9.21. The standard InChI is InChI=1S/C17H31N3O/c1-3-7-16-8-4-5-9-17(16)18-21-15-6-10-20-13-11-19(2)12-14-20/h3,16H,1,4-15H2,2H3/b18-17-. The van der Waals surface area contributed by atoms with Gasteiger partial charge in [0.25, 0.3) is 0 Å². The first-order valence-electron chi connectivity index (χ1n) is 8.50. The molecule has 21 heavy (non-hydrogen) atoms. The van der Waals surface area contributed by atoms with Gasteiger partial charge in [-0.3, -0.25) is 0 Å². The molecule has 4 nitrogen and oxygen atoms in total. The van der Waals surface area contributed by atoms with Gasteiger partial charge >= 0.3 is 0 Å². The van der Waals surface area contributed by atoms with E-state index < -0.39 is 0 Å². The van der Waals surface area contributed by atoms with Crippen LogP contribution in [0.15, 0.2) is 17.8 Å². The predicted octanol–water partition coefficient (Wildman–Crippen LogP) is 2.76. The average molecular weight is 293 g/mol. The molecule has 0 N–H and O–H groups in total. The molecule has 120 valence electrons. The zero-order valence-electron chi connectivity index (χ0n) is 13.6. The van der Waals surface area contributed by atoms with Crippen molar-refractivity contribution in [2.24, 2.45) is 11.1 Å². The minimum atomic E-state index is 0.578. The molecule has 0 aromatic rings. The Morgan fingerprint density at radius 3 is 2.86 bits per heavy atom. The van der Waals surface area contributed by atoms with E-state index in [1.807, 2.05) is 6.08 Å². The van der Waals surface area contributed by atoms with E-state index >= 15 is 0 Å². The number of hydrogen-bond acceptors (Lipinski definition) is 4. The number of oxime groups is 1. The first-order valence-corrected chi connectivity index (χ1v) is 8.50. The lowest BCUT2D eigenvalue weighted by Crippen LogP contribution is -2.44. The quantitative estimate of drug-likeness (QED) is 0.410. The van der Waals surface area contributed by atoms with Crippen molar-refractivity contribution in [2.45, 2.75) is 38.5 Å². The highest BCUT2D eigenvalue weighted by Crippen LogP contribution is 2.24. The van der Waals surface area contributed by atoms with Crippen molar-refractivity contribution in [3.05, 3.63) is 12.7 Å². The van der Waals surface area contributed by atoms with Crippen molar-refractivity contribution in [3.63, 3.8) is 0 Å². The van der Waals surface area contributed by atoms with Gasteiger partial charge in [-0.1, -0.05) is 17.7 Å². The van der Waals surface area contributed by atoms with Crippen molar-refractivity contribution >= 4 is 5.71 Å². The molecule has 1 saturated carbocycles. The Morgan fingerprint density at radius 2 is 2.10 bits per heavy atom. The Morgan fingerprint density at radius 1 is 1.29 bits per heavy atom. The summed E-state index contributed by atoms with van der Waals surface area (Å²) < 4.78 is 0. The lowest BCUT2D eigenvalue weighted by molar-refractivity contribution is 0.109. The molecular weight excluding hydrogens is 262 g/mol. The molecule has 1 atom stereocenters. The van der Waals surface area contributed by atoms with Crippen molar-refractivity contribution < 1.29 is 4.84 Å². The number of piperazine rings is 1. The highest BCUT2D eigenvalue weighted by molar-refractivity contribution is 5.87. The predicted molar refractivity (Wildman–Crippen MR) is 88.7 cm³/mol. The normalized spacial score (nSPS) is 26.9. The van der Waals surface area contributed by atoms with Gasteiger partial charge in [0.05, 0.1) is 5.71 Å². The van der Waals surface area contributed by atoms with Gasteiger partial charge < -0.3 is 14.6 Å². The van der Waals surface area contributed by atoms with Gasteiger partial charge in [0.1, 0.15) is 6.61 Å². The summed E-state index contributed by atoms with van der Waals surface area (Å²) in [4.78, 5) is 10.5. The number of hydrogen-bond donors (Lipinski definition) is 0. The van der Waals surface area contributed by atoms with E-state index in [1.165, 1.54) is 51.2 Å². The molecule has 1 saturated heterocycles. The van der Waals surface area contributed by atoms with Crippen LogP contribution < -0.4 is 0 Å². The van der Waals surface area contributed by atoms with E-state index in [0.717, 1.165) is 32.4 Å². The van der Waals surface area contributed by atoms with Gasteiger partial charge in [-0.15, -0.1) is 6.58 Å². The van der Waals surface area contributed by atoms with Crippen LogP contribution in [-0.4, -0.2) is 61.9 Å². The highest BCUT2D eigenvalue weighted by Gasteiger charge is 2.19. The maximum Gasteiger partial charge on any atom is 0.118 e. The van der Waals surface area contributed by atoms with E-state index in [-0.39, 0.29) is 0 Å². The smallest absolute Gasteiger partial charge is 0.118 e. The van der Waals surface area contributed by atoms with Crippen LogP contribution in [0.5, 0.6) is 0 Å². The zero-order chi connectivity index (χ0) is 14.9. The van der Waals surface area contributed by atoms with Crippen LogP contribution in [0, 0.1) is 5.92 Å². The van der Waals surface area contributed by atoms with E-state index in [0.29, 0.717) is 5.92 Å². The van der Waals surface area contributed by atoms with Crippen LogP contribution in [0.3, 0.4) is 0 Å². The third-order valence-electron chi connectivity index (χ3n) is 4.65. The van der Waals surface area contributed by atoms with E-state index in [4.69, 9.17) is 4.84 Å². The number of likely N-dealkylation sites (N-methyl/N-ethyl adjacent to an activating group) is 1.